The molecule has 0 bridgehead atoms. The average molecular weight is 384 g/mol. The second-order valence-corrected chi connectivity index (χ2v) is 6.20. The monoisotopic (exact) mass is 384 g/mol. The van der Waals surface area contributed by atoms with Crippen LogP contribution in [0.5, 0.6) is 5.75 Å². The molecule has 10 heteroatoms. The first kappa shape index (κ1) is 20.6. The highest BCUT2D eigenvalue weighted by molar-refractivity contribution is 5.77. The zero-order valence-electron chi connectivity index (χ0n) is 15.4. The molecule has 1 heterocycles. The Labute approximate surface area is 155 Å². The number of alkyl halides is 3. The fourth-order valence-electron chi connectivity index (χ4n) is 2.44. The molecular formula is C17H23F3N6O. The van der Waals surface area contributed by atoms with E-state index in [9.17, 15) is 13.2 Å². The number of likely N-dealkylation sites (N-methyl/N-ethyl adjacent to an activating group) is 1. The quantitative estimate of drug-likeness (QED) is 0.564. The van der Waals surface area contributed by atoms with E-state index in [-0.39, 0.29) is 24.3 Å². The van der Waals surface area contributed by atoms with Gasteiger partial charge in [-0.1, -0.05) is 12.1 Å². The number of nitrogens with one attached hydrogen (secondary N) is 1. The van der Waals surface area contributed by atoms with Crippen molar-refractivity contribution in [2.24, 2.45) is 17.8 Å². The van der Waals surface area contributed by atoms with Gasteiger partial charge in [0, 0.05) is 25.4 Å². The molecular weight excluding hydrogens is 361 g/mol. The Hall–Kier alpha value is -2.75. The Morgan fingerprint density at radius 3 is 2.52 bits per heavy atom. The van der Waals surface area contributed by atoms with Gasteiger partial charge in [-0.05, 0) is 31.8 Å². The number of nitrogens with two attached hydrogens (primary N) is 1. The first-order chi connectivity index (χ1) is 12.6. The summed E-state index contributed by atoms with van der Waals surface area (Å²) in [5.41, 5.74) is 7.65. The van der Waals surface area contributed by atoms with E-state index in [0.29, 0.717) is 12.1 Å². The van der Waals surface area contributed by atoms with Crippen molar-refractivity contribution in [2.45, 2.75) is 18.9 Å². The number of nitrogens with zero attached hydrogens (tertiary/aromatic N) is 4. The minimum atomic E-state index is -4.70. The van der Waals surface area contributed by atoms with Gasteiger partial charge < -0.3 is 20.7 Å². The smallest absolute Gasteiger partial charge is 0.406 e. The number of aromatic nitrogens is 2. The van der Waals surface area contributed by atoms with Gasteiger partial charge in [0.2, 0.25) is 0 Å². The highest BCUT2D eigenvalue weighted by atomic mass is 19.4. The molecule has 2 aromatic rings. The third kappa shape index (κ3) is 6.81. The van der Waals surface area contributed by atoms with Crippen LogP contribution in [0.15, 0.2) is 41.7 Å². The molecule has 1 aromatic carbocycles. The largest absolute Gasteiger partial charge is 0.573 e. The molecule has 148 valence electrons. The lowest BCUT2D eigenvalue weighted by Gasteiger charge is -2.23. The molecule has 27 heavy (non-hydrogen) atoms. The second-order valence-electron chi connectivity index (χ2n) is 6.20. The summed E-state index contributed by atoms with van der Waals surface area (Å²) in [6.07, 6.45) is -0.972. The highest BCUT2D eigenvalue weighted by Gasteiger charge is 2.30. The Morgan fingerprint density at radius 2 is 2.00 bits per heavy atom. The van der Waals surface area contributed by atoms with Crippen LogP contribution in [0.2, 0.25) is 0 Å². The van der Waals surface area contributed by atoms with Crippen molar-refractivity contribution in [1.29, 1.82) is 0 Å². The SMILES string of the molecule is CN(C)C(CNC(N)=NCc1ccc(OC(F)(F)F)cc1)c1cnn(C)c1. The number of benzene rings is 1. The topological polar surface area (TPSA) is 80.7 Å². The first-order valence-corrected chi connectivity index (χ1v) is 8.17. The Morgan fingerprint density at radius 1 is 1.33 bits per heavy atom. The summed E-state index contributed by atoms with van der Waals surface area (Å²) >= 11 is 0. The van der Waals surface area contributed by atoms with Crippen molar-refractivity contribution in [1.82, 2.24) is 20.0 Å². The third-order valence-corrected chi connectivity index (χ3v) is 3.80. The van der Waals surface area contributed by atoms with Crippen LogP contribution in [0.4, 0.5) is 13.2 Å². The van der Waals surface area contributed by atoms with E-state index in [0.717, 1.165) is 5.56 Å². The van der Waals surface area contributed by atoms with Crippen molar-refractivity contribution in [3.63, 3.8) is 0 Å². The molecule has 7 nitrogen and oxygen atoms in total. The van der Waals surface area contributed by atoms with E-state index in [4.69, 9.17) is 5.73 Å². The van der Waals surface area contributed by atoms with Crippen LogP contribution in [0.25, 0.3) is 0 Å². The van der Waals surface area contributed by atoms with Crippen LogP contribution < -0.4 is 15.8 Å². The number of aryl methyl sites for hydroxylation is 1. The summed E-state index contributed by atoms with van der Waals surface area (Å²) in [7, 11) is 5.76. The van der Waals surface area contributed by atoms with Crippen LogP contribution >= 0.6 is 0 Å². The summed E-state index contributed by atoms with van der Waals surface area (Å²) in [5.74, 6) is -0.0204. The molecule has 0 aliphatic carbocycles. The number of hydrogen-bond acceptors (Lipinski definition) is 4. The summed E-state index contributed by atoms with van der Waals surface area (Å²) in [4.78, 5) is 6.25. The number of rotatable bonds is 7. The van der Waals surface area contributed by atoms with Gasteiger partial charge in [0.15, 0.2) is 5.96 Å². The molecule has 0 saturated carbocycles. The van der Waals surface area contributed by atoms with Crippen molar-refractivity contribution in [3.05, 3.63) is 47.8 Å². The molecule has 2 rings (SSSR count). The molecule has 1 aromatic heterocycles. The summed E-state index contributed by atoms with van der Waals surface area (Å²) in [5, 5.41) is 7.23. The highest BCUT2D eigenvalue weighted by Crippen LogP contribution is 2.22. The molecule has 0 saturated heterocycles. The van der Waals surface area contributed by atoms with Crippen molar-refractivity contribution < 1.29 is 17.9 Å². The molecule has 0 aliphatic heterocycles. The number of guanidine groups is 1. The van der Waals surface area contributed by atoms with Gasteiger partial charge in [-0.3, -0.25) is 4.68 Å². The number of aliphatic imine (C=N–C) groups is 1. The van der Waals surface area contributed by atoms with Crippen molar-refractivity contribution in [3.8, 4) is 5.75 Å². The van der Waals surface area contributed by atoms with E-state index < -0.39 is 6.36 Å². The molecule has 0 aliphatic rings. The van der Waals surface area contributed by atoms with Crippen LogP contribution in [0.3, 0.4) is 0 Å². The summed E-state index contributed by atoms with van der Waals surface area (Å²) in [6, 6.07) is 5.57. The van der Waals surface area contributed by atoms with Gasteiger partial charge in [0.1, 0.15) is 5.75 Å². The second kappa shape index (κ2) is 8.76. The van der Waals surface area contributed by atoms with Crippen LogP contribution in [-0.4, -0.2) is 47.6 Å². The van der Waals surface area contributed by atoms with Gasteiger partial charge in [-0.2, -0.15) is 5.10 Å². The number of halogens is 3. The van der Waals surface area contributed by atoms with E-state index in [2.05, 4.69) is 20.1 Å². The van der Waals surface area contributed by atoms with Gasteiger partial charge in [-0.25, -0.2) is 4.99 Å². The van der Waals surface area contributed by atoms with Gasteiger partial charge in [-0.15, -0.1) is 13.2 Å². The standard InChI is InChI=1S/C17H23F3N6O/c1-25(2)15(13-9-24-26(3)11-13)10-23-16(21)22-8-12-4-6-14(7-5-12)27-17(18,19)20/h4-7,9,11,15H,8,10H2,1-3H3,(H3,21,22,23). The van der Waals surface area contributed by atoms with E-state index >= 15 is 0 Å². The Kier molecular flexibility index (Phi) is 6.67. The first-order valence-electron chi connectivity index (χ1n) is 8.17. The molecule has 0 amide bonds. The average Bonchev–Trinajstić information content (AvgIpc) is 2.99. The summed E-state index contributed by atoms with van der Waals surface area (Å²) in [6.45, 7) is 0.775. The van der Waals surface area contributed by atoms with Crippen LogP contribution in [-0.2, 0) is 13.6 Å². The third-order valence-electron chi connectivity index (χ3n) is 3.80. The lowest BCUT2D eigenvalue weighted by Crippen LogP contribution is -2.38. The zero-order chi connectivity index (χ0) is 20.0. The van der Waals surface area contributed by atoms with Crippen LogP contribution in [0, 0.1) is 0 Å². The lowest BCUT2D eigenvalue weighted by molar-refractivity contribution is -0.274. The Balaban J connectivity index is 1.89. The Bertz CT molecular complexity index is 755. The lowest BCUT2D eigenvalue weighted by atomic mass is 10.1. The predicted molar refractivity (Wildman–Crippen MR) is 96.1 cm³/mol. The molecule has 1 atom stereocenters. The van der Waals surface area contributed by atoms with Gasteiger partial charge >= 0.3 is 6.36 Å². The van der Waals surface area contributed by atoms with Crippen molar-refractivity contribution in [2.75, 3.05) is 20.6 Å². The van der Waals surface area contributed by atoms with Crippen LogP contribution in [0.1, 0.15) is 17.2 Å². The molecule has 0 fully saturated rings. The maximum atomic E-state index is 12.1. The van der Waals surface area contributed by atoms with E-state index in [1.807, 2.05) is 32.2 Å². The molecule has 0 spiro atoms. The van der Waals surface area contributed by atoms with Gasteiger partial charge in [0.25, 0.3) is 0 Å². The molecule has 3 N–H and O–H groups in total. The maximum Gasteiger partial charge on any atom is 0.573 e. The summed E-state index contributed by atoms with van der Waals surface area (Å²) < 4.78 is 42.0. The number of hydrogen-bond donors (Lipinski definition) is 2. The minimum absolute atomic E-state index is 0.0613. The van der Waals surface area contributed by atoms with E-state index in [1.54, 1.807) is 10.9 Å². The van der Waals surface area contributed by atoms with Gasteiger partial charge in [0.05, 0.1) is 18.8 Å². The van der Waals surface area contributed by atoms with Crippen molar-refractivity contribution >= 4 is 5.96 Å². The zero-order valence-corrected chi connectivity index (χ0v) is 15.4. The minimum Gasteiger partial charge on any atom is -0.406 e. The predicted octanol–water partition coefficient (Wildman–Crippen LogP) is 2.03. The molecule has 1 unspecified atom stereocenters. The molecule has 0 radical (unpaired) electrons. The normalized spacial score (nSPS) is 13.7. The maximum absolute atomic E-state index is 12.1. The van der Waals surface area contributed by atoms with E-state index in [1.165, 1.54) is 24.3 Å². The fourth-order valence-corrected chi connectivity index (χ4v) is 2.44. The fraction of sp³-hybridized carbons (Fsp3) is 0.412. The number of ether oxygens (including phenoxy) is 1.